The molecule has 3 heterocycles. The number of benzene rings is 1. The molecule has 15 heteroatoms. The lowest BCUT2D eigenvalue weighted by Gasteiger charge is -2.46. The summed E-state index contributed by atoms with van der Waals surface area (Å²) < 4.78 is 33.3. The quantitative estimate of drug-likeness (QED) is 0.130. The molecule has 0 aromatic heterocycles. The molecule has 15 nitrogen and oxygen atoms in total. The Bertz CT molecular complexity index is 892. The van der Waals surface area contributed by atoms with Crippen LogP contribution in [0.5, 0.6) is 0 Å². The molecule has 0 radical (unpaired) electrons. The van der Waals surface area contributed by atoms with Crippen LogP contribution in [0.2, 0.25) is 0 Å². The molecule has 3 fully saturated rings. The van der Waals surface area contributed by atoms with Crippen molar-refractivity contribution in [2.75, 3.05) is 26.4 Å². The molecule has 222 valence electrons. The van der Waals surface area contributed by atoms with Gasteiger partial charge in [0.15, 0.2) is 18.9 Å². The van der Waals surface area contributed by atoms with Crippen LogP contribution in [-0.2, 0) is 35.0 Å². The van der Waals surface area contributed by atoms with Gasteiger partial charge in [0.2, 0.25) is 0 Å². The van der Waals surface area contributed by atoms with Gasteiger partial charge in [-0.05, 0) is 5.56 Å². The molecule has 13 atom stereocenters. The zero-order chi connectivity index (χ0) is 28.3. The van der Waals surface area contributed by atoms with Crippen molar-refractivity contribution in [1.82, 2.24) is 0 Å². The van der Waals surface area contributed by atoms with Crippen LogP contribution >= 0.6 is 0 Å². The first-order chi connectivity index (χ1) is 18.6. The Labute approximate surface area is 223 Å². The molecule has 1 aromatic rings. The summed E-state index contributed by atoms with van der Waals surface area (Å²) in [5.74, 6) is 0. The average molecular weight is 565 g/mol. The van der Waals surface area contributed by atoms with Crippen molar-refractivity contribution in [2.24, 2.45) is 0 Å². The molecule has 3 aliphatic rings. The van der Waals surface area contributed by atoms with E-state index >= 15 is 0 Å². The number of ether oxygens (including phenoxy) is 6. The number of hydrogen-bond donors (Lipinski definition) is 9. The van der Waals surface area contributed by atoms with Gasteiger partial charge in [-0.3, -0.25) is 0 Å². The van der Waals surface area contributed by atoms with E-state index in [9.17, 15) is 46.0 Å². The molecule has 3 saturated heterocycles. The summed E-state index contributed by atoms with van der Waals surface area (Å²) in [6, 6.07) is 8.93. The predicted octanol–water partition coefficient (Wildman–Crippen LogP) is -4.71. The van der Waals surface area contributed by atoms with Gasteiger partial charge in [0.1, 0.15) is 60.5 Å². The predicted molar refractivity (Wildman–Crippen MR) is 124 cm³/mol. The van der Waals surface area contributed by atoms with Gasteiger partial charge in [-0.15, -0.1) is 0 Å². The number of aliphatic hydroxyl groups excluding tert-OH is 8. The van der Waals surface area contributed by atoms with Gasteiger partial charge in [0, 0.05) is 0 Å². The SMILES string of the molecule is OC[C@H]1O[C@@H](O[C@H]2[C@H](O)[C@@H](O)[C@H](OCc3ccccc3)O[C@@H]2CO[C@@H]2OC[C@](O)(CO)[C@H]2O)[C@H](O)[C@@H](O)[C@@H]1O. The highest BCUT2D eigenvalue weighted by molar-refractivity contribution is 5.13. The molecular weight excluding hydrogens is 528 g/mol. The number of hydrogen-bond acceptors (Lipinski definition) is 15. The van der Waals surface area contributed by atoms with E-state index in [1.165, 1.54) is 0 Å². The maximum atomic E-state index is 11.0. The third-order valence-electron chi connectivity index (χ3n) is 7.04. The van der Waals surface area contributed by atoms with Gasteiger partial charge in [-0.1, -0.05) is 30.3 Å². The lowest BCUT2D eigenvalue weighted by Crippen LogP contribution is -2.65. The Morgan fingerprint density at radius 2 is 1.44 bits per heavy atom. The van der Waals surface area contributed by atoms with Gasteiger partial charge in [-0.25, -0.2) is 0 Å². The van der Waals surface area contributed by atoms with Crippen LogP contribution in [0.4, 0.5) is 0 Å². The van der Waals surface area contributed by atoms with Crippen LogP contribution in [0, 0.1) is 0 Å². The molecular formula is C24H36O15. The summed E-state index contributed by atoms with van der Waals surface area (Å²) in [6.45, 7) is -2.40. The van der Waals surface area contributed by atoms with Crippen molar-refractivity contribution in [3.63, 3.8) is 0 Å². The minimum atomic E-state index is -1.96. The van der Waals surface area contributed by atoms with E-state index in [2.05, 4.69) is 0 Å². The van der Waals surface area contributed by atoms with Crippen LogP contribution < -0.4 is 0 Å². The highest BCUT2D eigenvalue weighted by atomic mass is 16.8. The molecule has 0 amide bonds. The van der Waals surface area contributed by atoms with Gasteiger partial charge >= 0.3 is 0 Å². The van der Waals surface area contributed by atoms with Crippen molar-refractivity contribution < 1.29 is 74.4 Å². The van der Waals surface area contributed by atoms with Crippen LogP contribution in [0.1, 0.15) is 5.56 Å². The molecule has 9 N–H and O–H groups in total. The Balaban J connectivity index is 1.49. The third-order valence-corrected chi connectivity index (χ3v) is 7.04. The Morgan fingerprint density at radius 1 is 0.769 bits per heavy atom. The largest absolute Gasteiger partial charge is 0.394 e. The second kappa shape index (κ2) is 13.1. The summed E-state index contributed by atoms with van der Waals surface area (Å²) in [4.78, 5) is 0. The minimum Gasteiger partial charge on any atom is -0.394 e. The summed E-state index contributed by atoms with van der Waals surface area (Å²) in [6.07, 6.45) is -18.7. The molecule has 1 aromatic carbocycles. The van der Waals surface area contributed by atoms with E-state index in [-0.39, 0.29) is 6.61 Å². The Hall–Kier alpha value is -1.38. The molecule has 0 aliphatic carbocycles. The van der Waals surface area contributed by atoms with Crippen molar-refractivity contribution >= 4 is 0 Å². The van der Waals surface area contributed by atoms with Crippen LogP contribution in [0.25, 0.3) is 0 Å². The van der Waals surface area contributed by atoms with Gasteiger partial charge in [0.05, 0.1) is 33.0 Å². The van der Waals surface area contributed by atoms with Crippen LogP contribution in [0.15, 0.2) is 30.3 Å². The second-order valence-electron chi connectivity index (χ2n) is 9.84. The zero-order valence-corrected chi connectivity index (χ0v) is 20.8. The average Bonchev–Trinajstić information content (AvgIpc) is 3.24. The van der Waals surface area contributed by atoms with Crippen molar-refractivity contribution in [3.05, 3.63) is 35.9 Å². The summed E-state index contributed by atoms with van der Waals surface area (Å²) in [7, 11) is 0. The lowest BCUT2D eigenvalue weighted by molar-refractivity contribution is -0.363. The maximum Gasteiger partial charge on any atom is 0.187 e. The molecule has 0 bridgehead atoms. The molecule has 3 aliphatic heterocycles. The highest BCUT2D eigenvalue weighted by Crippen LogP contribution is 2.31. The fraction of sp³-hybridized carbons (Fsp3) is 0.750. The van der Waals surface area contributed by atoms with Gasteiger partial charge in [-0.2, -0.15) is 0 Å². The van der Waals surface area contributed by atoms with Crippen molar-refractivity contribution in [2.45, 2.75) is 86.0 Å². The molecule has 0 unspecified atom stereocenters. The first-order valence-corrected chi connectivity index (χ1v) is 12.5. The van der Waals surface area contributed by atoms with E-state index in [1.807, 2.05) is 6.07 Å². The van der Waals surface area contributed by atoms with Gasteiger partial charge < -0.3 is 74.4 Å². The molecule has 0 spiro atoms. The third kappa shape index (κ3) is 6.59. The first kappa shape index (κ1) is 30.6. The monoisotopic (exact) mass is 564 g/mol. The topological polar surface area (TPSA) is 237 Å². The minimum absolute atomic E-state index is 0.00901. The van der Waals surface area contributed by atoms with Crippen LogP contribution in [-0.4, -0.2) is 152 Å². The van der Waals surface area contributed by atoms with E-state index < -0.39 is 106 Å². The Kier molecular flexibility index (Phi) is 10.2. The standard InChI is InChI=1S/C24H36O15/c25-6-12-14(27)15(28)17(30)22(37-12)39-19-13(8-35-23-20(32)24(33,9-26)10-36-23)38-21(18(31)16(19)29)34-7-11-4-2-1-3-5-11/h1-5,12-23,25-33H,6-10H2/t12-,13-,14-,15+,16-,17-,18-,19-,20+,21-,22+,23-,24-/m1/s1. The molecule has 4 rings (SSSR count). The summed E-state index contributed by atoms with van der Waals surface area (Å²) >= 11 is 0. The maximum absolute atomic E-state index is 11.0. The Morgan fingerprint density at radius 3 is 2.08 bits per heavy atom. The highest BCUT2D eigenvalue weighted by Gasteiger charge is 2.52. The fourth-order valence-electron chi connectivity index (χ4n) is 4.56. The number of rotatable bonds is 10. The second-order valence-corrected chi connectivity index (χ2v) is 9.84. The van der Waals surface area contributed by atoms with E-state index in [0.717, 1.165) is 5.56 Å². The summed E-state index contributed by atoms with van der Waals surface area (Å²) in [5, 5.41) is 91.5. The van der Waals surface area contributed by atoms with Crippen LogP contribution in [0.3, 0.4) is 0 Å². The van der Waals surface area contributed by atoms with Gasteiger partial charge in [0.25, 0.3) is 0 Å². The first-order valence-electron chi connectivity index (χ1n) is 12.5. The molecule has 39 heavy (non-hydrogen) atoms. The molecule has 0 saturated carbocycles. The zero-order valence-electron chi connectivity index (χ0n) is 20.8. The normalized spacial score (nSPS) is 44.9. The van der Waals surface area contributed by atoms with Crippen molar-refractivity contribution in [1.29, 1.82) is 0 Å². The number of aliphatic hydroxyl groups is 9. The fourth-order valence-corrected chi connectivity index (χ4v) is 4.56. The van der Waals surface area contributed by atoms with E-state index in [0.29, 0.717) is 0 Å². The van der Waals surface area contributed by atoms with Crippen molar-refractivity contribution in [3.8, 4) is 0 Å². The lowest BCUT2D eigenvalue weighted by atomic mass is 9.97. The van der Waals surface area contributed by atoms with E-state index in [4.69, 9.17) is 28.4 Å². The summed E-state index contributed by atoms with van der Waals surface area (Å²) in [5.41, 5.74) is -1.21. The smallest absolute Gasteiger partial charge is 0.187 e. The van der Waals surface area contributed by atoms with E-state index in [1.54, 1.807) is 24.3 Å².